The molecule has 3 N–H and O–H groups in total. The third-order valence-corrected chi connectivity index (χ3v) is 4.72. The lowest BCUT2D eigenvalue weighted by Crippen LogP contribution is -2.42. The maximum absolute atomic E-state index is 12.4. The van der Waals surface area contributed by atoms with Gasteiger partial charge in [0.1, 0.15) is 6.04 Å². The van der Waals surface area contributed by atoms with Gasteiger partial charge in [0.05, 0.1) is 0 Å². The number of rotatable bonds is 5. The first-order valence-corrected chi connectivity index (χ1v) is 8.52. The monoisotopic (exact) mass is 395 g/mol. The van der Waals surface area contributed by atoms with Crippen molar-refractivity contribution in [3.63, 3.8) is 0 Å². The van der Waals surface area contributed by atoms with Gasteiger partial charge < -0.3 is 11.1 Å². The summed E-state index contributed by atoms with van der Waals surface area (Å²) in [5.41, 5.74) is 8.24. The molecule has 142 valence electrons. The van der Waals surface area contributed by atoms with Crippen LogP contribution in [-0.2, 0) is 11.3 Å². The van der Waals surface area contributed by atoms with Gasteiger partial charge in [-0.15, -0.1) is 24.8 Å². The molecule has 0 aromatic heterocycles. The molecule has 1 saturated heterocycles. The Kier molecular flexibility index (Phi) is 9.09. The Morgan fingerprint density at radius 1 is 1.12 bits per heavy atom. The molecule has 0 spiro atoms. The minimum Gasteiger partial charge on any atom is -0.350 e. The number of halogens is 2. The number of benzene rings is 2. The van der Waals surface area contributed by atoms with Crippen LogP contribution in [0.15, 0.2) is 60.7 Å². The number of amides is 1. The molecule has 1 amide bonds. The molecular weight excluding hydrogens is 369 g/mol. The van der Waals surface area contributed by atoms with Crippen LogP contribution >= 0.6 is 24.8 Å². The van der Waals surface area contributed by atoms with E-state index in [4.69, 9.17) is 5.73 Å². The molecule has 2 aromatic rings. The number of nitrogens with zero attached hydrogens (tertiary/aromatic N) is 1. The summed E-state index contributed by atoms with van der Waals surface area (Å²) in [5, 5.41) is 3.12. The lowest BCUT2D eigenvalue weighted by molar-refractivity contribution is -0.123. The number of carbonyl (C=O) groups excluding carboxylic acids is 1. The smallest absolute Gasteiger partial charge is 0.241 e. The highest BCUT2D eigenvalue weighted by Crippen LogP contribution is 2.21. The lowest BCUT2D eigenvalue weighted by Gasteiger charge is -2.21. The average molecular weight is 396 g/mol. The molecule has 0 radical (unpaired) electrons. The van der Waals surface area contributed by atoms with E-state index in [1.165, 1.54) is 5.56 Å². The quantitative estimate of drug-likeness (QED) is 0.815. The van der Waals surface area contributed by atoms with Crippen molar-refractivity contribution in [1.82, 2.24) is 10.2 Å². The predicted octanol–water partition coefficient (Wildman–Crippen LogP) is 3.31. The van der Waals surface area contributed by atoms with Crippen molar-refractivity contribution >= 4 is 30.7 Å². The van der Waals surface area contributed by atoms with Crippen molar-refractivity contribution in [2.24, 2.45) is 5.73 Å². The molecule has 0 bridgehead atoms. The van der Waals surface area contributed by atoms with Crippen molar-refractivity contribution in [2.75, 3.05) is 6.54 Å². The van der Waals surface area contributed by atoms with Gasteiger partial charge in [-0.1, -0.05) is 60.7 Å². The Morgan fingerprint density at radius 3 is 2.31 bits per heavy atom. The van der Waals surface area contributed by atoms with E-state index in [1.807, 2.05) is 36.4 Å². The van der Waals surface area contributed by atoms with Gasteiger partial charge in [0.15, 0.2) is 0 Å². The Balaban J connectivity index is 0.00000169. The lowest BCUT2D eigenvalue weighted by atomic mass is 10.1. The second-order valence-electron chi connectivity index (χ2n) is 6.59. The summed E-state index contributed by atoms with van der Waals surface area (Å²) >= 11 is 0. The number of carbonyl (C=O) groups is 1. The van der Waals surface area contributed by atoms with Gasteiger partial charge in [-0.05, 0) is 24.5 Å². The van der Waals surface area contributed by atoms with Gasteiger partial charge in [0.2, 0.25) is 5.91 Å². The van der Waals surface area contributed by atoms with Crippen LogP contribution in [0.5, 0.6) is 0 Å². The van der Waals surface area contributed by atoms with Crippen LogP contribution in [-0.4, -0.2) is 29.4 Å². The van der Waals surface area contributed by atoms with Gasteiger partial charge in [0, 0.05) is 25.2 Å². The van der Waals surface area contributed by atoms with Gasteiger partial charge in [-0.25, -0.2) is 0 Å². The molecule has 0 saturated carbocycles. The second kappa shape index (κ2) is 10.5. The van der Waals surface area contributed by atoms with E-state index < -0.39 is 6.04 Å². The summed E-state index contributed by atoms with van der Waals surface area (Å²) in [4.78, 5) is 14.8. The fraction of sp³-hybridized carbons (Fsp3) is 0.350. The standard InChI is InChI=1S/C20H25N3O.2ClH/c1-15-12-18(14-23(15)13-16-8-4-2-5-9-16)22-20(24)19(21)17-10-6-3-7-11-17;;/h2-11,15,18-19H,12-14,21H2,1H3,(H,22,24);2*1H. The third-order valence-electron chi connectivity index (χ3n) is 4.72. The fourth-order valence-electron chi connectivity index (χ4n) is 3.34. The Bertz CT molecular complexity index is 669. The second-order valence-corrected chi connectivity index (χ2v) is 6.59. The van der Waals surface area contributed by atoms with Crippen LogP contribution in [0.3, 0.4) is 0 Å². The first-order chi connectivity index (χ1) is 11.6. The van der Waals surface area contributed by atoms with Gasteiger partial charge in [0.25, 0.3) is 0 Å². The summed E-state index contributed by atoms with van der Waals surface area (Å²) in [5.74, 6) is -0.0973. The predicted molar refractivity (Wildman–Crippen MR) is 111 cm³/mol. The van der Waals surface area contributed by atoms with E-state index in [0.29, 0.717) is 6.04 Å². The van der Waals surface area contributed by atoms with Crippen LogP contribution in [0.25, 0.3) is 0 Å². The van der Waals surface area contributed by atoms with Crippen molar-refractivity contribution in [1.29, 1.82) is 0 Å². The molecule has 1 fully saturated rings. The molecular formula is C20H27Cl2N3O. The van der Waals surface area contributed by atoms with Crippen LogP contribution in [0, 0.1) is 0 Å². The zero-order valence-corrected chi connectivity index (χ0v) is 16.5. The van der Waals surface area contributed by atoms with E-state index in [-0.39, 0.29) is 36.8 Å². The average Bonchev–Trinajstić information content (AvgIpc) is 2.95. The van der Waals surface area contributed by atoms with Crippen LogP contribution in [0.2, 0.25) is 0 Å². The number of nitrogens with one attached hydrogen (secondary N) is 1. The Hall–Kier alpha value is -1.59. The highest BCUT2D eigenvalue weighted by atomic mass is 35.5. The van der Waals surface area contributed by atoms with Gasteiger partial charge in [-0.2, -0.15) is 0 Å². The van der Waals surface area contributed by atoms with Crippen LogP contribution in [0.4, 0.5) is 0 Å². The number of likely N-dealkylation sites (tertiary alicyclic amines) is 1. The highest BCUT2D eigenvalue weighted by Gasteiger charge is 2.31. The largest absolute Gasteiger partial charge is 0.350 e. The normalized spacial score (nSPS) is 20.5. The number of nitrogens with two attached hydrogens (primary N) is 1. The Labute approximate surface area is 168 Å². The van der Waals surface area contributed by atoms with E-state index >= 15 is 0 Å². The van der Waals surface area contributed by atoms with Crippen molar-refractivity contribution in [3.8, 4) is 0 Å². The summed E-state index contributed by atoms with van der Waals surface area (Å²) in [7, 11) is 0. The summed E-state index contributed by atoms with van der Waals surface area (Å²) in [6.07, 6.45) is 0.958. The molecule has 1 aliphatic rings. The van der Waals surface area contributed by atoms with Crippen LogP contribution in [0.1, 0.15) is 30.5 Å². The van der Waals surface area contributed by atoms with E-state index in [9.17, 15) is 4.79 Å². The van der Waals surface area contributed by atoms with Gasteiger partial charge >= 0.3 is 0 Å². The summed E-state index contributed by atoms with van der Waals surface area (Å²) in [6, 6.07) is 20.0. The molecule has 0 aliphatic carbocycles. The number of hydrogen-bond acceptors (Lipinski definition) is 3. The van der Waals surface area contributed by atoms with Crippen molar-refractivity contribution in [2.45, 2.75) is 38.0 Å². The van der Waals surface area contributed by atoms with Crippen molar-refractivity contribution < 1.29 is 4.79 Å². The molecule has 1 aliphatic heterocycles. The van der Waals surface area contributed by atoms with E-state index in [0.717, 1.165) is 25.1 Å². The summed E-state index contributed by atoms with van der Waals surface area (Å²) < 4.78 is 0. The van der Waals surface area contributed by atoms with Crippen LogP contribution < -0.4 is 11.1 Å². The maximum Gasteiger partial charge on any atom is 0.241 e. The van der Waals surface area contributed by atoms with E-state index in [2.05, 4.69) is 41.4 Å². The zero-order valence-electron chi connectivity index (χ0n) is 14.9. The SMILES string of the molecule is CC1CC(NC(=O)C(N)c2ccccc2)CN1Cc1ccccc1.Cl.Cl. The molecule has 3 atom stereocenters. The number of hydrogen-bond donors (Lipinski definition) is 2. The van der Waals surface area contributed by atoms with Gasteiger partial charge in [-0.3, -0.25) is 9.69 Å². The minimum atomic E-state index is -0.607. The fourth-order valence-corrected chi connectivity index (χ4v) is 3.34. The zero-order chi connectivity index (χ0) is 16.9. The van der Waals surface area contributed by atoms with E-state index in [1.54, 1.807) is 0 Å². The highest BCUT2D eigenvalue weighted by molar-refractivity contribution is 5.85. The third kappa shape index (κ3) is 5.71. The first kappa shape index (κ1) is 22.5. The molecule has 6 heteroatoms. The molecule has 4 nitrogen and oxygen atoms in total. The first-order valence-electron chi connectivity index (χ1n) is 8.52. The Morgan fingerprint density at radius 2 is 1.69 bits per heavy atom. The maximum atomic E-state index is 12.4. The minimum absolute atomic E-state index is 0. The molecule has 1 heterocycles. The van der Waals surface area contributed by atoms with Crippen molar-refractivity contribution in [3.05, 3.63) is 71.8 Å². The summed E-state index contributed by atoms with van der Waals surface area (Å²) in [6.45, 7) is 3.99. The molecule has 2 aromatic carbocycles. The molecule has 3 unspecified atom stereocenters. The topological polar surface area (TPSA) is 58.4 Å². The molecule has 3 rings (SSSR count). The molecule has 26 heavy (non-hydrogen) atoms.